The average Bonchev–Trinajstić information content (AvgIpc) is 3.56. The molecule has 19 unspecified atom stereocenters. The highest BCUT2D eigenvalue weighted by Gasteiger charge is 2.65. The molecule has 0 radical (unpaired) electrons. The second kappa shape index (κ2) is 16.9. The molecule has 19 atom stereocenters. The van der Waals surface area contributed by atoms with Gasteiger partial charge >= 0.3 is 5.97 Å². The van der Waals surface area contributed by atoms with E-state index in [1.165, 1.54) is 5.57 Å². The SMILES string of the molecule is CC=C(CCC(C)C1CCC2C3CCC4CC(OC5OC(CO)C(O)C(O)C5OC5OC(CO)C(O)C(O)C5O)CCC4(C)C3CCC12C(=O)O)C(C)C. The molecular formula is C41H68O13. The van der Waals surface area contributed by atoms with E-state index >= 15 is 0 Å². The largest absolute Gasteiger partial charge is 0.481 e. The number of ether oxygens (including phenoxy) is 4. The van der Waals surface area contributed by atoms with E-state index in [1.807, 2.05) is 0 Å². The number of rotatable bonds is 12. The van der Waals surface area contributed by atoms with Crippen LogP contribution in [0.25, 0.3) is 0 Å². The molecule has 310 valence electrons. The third-order valence-electron chi connectivity index (χ3n) is 15.6. The number of hydrogen-bond donors (Lipinski definition) is 8. The molecule has 6 aliphatic rings. The van der Waals surface area contributed by atoms with Crippen LogP contribution < -0.4 is 0 Å². The van der Waals surface area contributed by atoms with Gasteiger partial charge in [0.25, 0.3) is 0 Å². The van der Waals surface area contributed by atoms with Crippen molar-refractivity contribution in [3.63, 3.8) is 0 Å². The molecule has 13 nitrogen and oxygen atoms in total. The first-order chi connectivity index (χ1) is 25.6. The lowest BCUT2D eigenvalue weighted by Crippen LogP contribution is -2.65. The maximum atomic E-state index is 13.4. The molecule has 6 rings (SSSR count). The zero-order chi connectivity index (χ0) is 39.3. The summed E-state index contributed by atoms with van der Waals surface area (Å²) < 4.78 is 23.9. The fourth-order valence-corrected chi connectivity index (χ4v) is 12.5. The molecular weight excluding hydrogens is 700 g/mol. The predicted octanol–water partition coefficient (Wildman–Crippen LogP) is 2.74. The quantitative estimate of drug-likeness (QED) is 0.106. The molecule has 54 heavy (non-hydrogen) atoms. The molecule has 0 bridgehead atoms. The van der Waals surface area contributed by atoms with Gasteiger partial charge in [-0.15, -0.1) is 0 Å². The van der Waals surface area contributed by atoms with Crippen LogP contribution in [0.5, 0.6) is 0 Å². The first kappa shape index (κ1) is 42.4. The Hall–Kier alpha value is -1.23. The summed E-state index contributed by atoms with van der Waals surface area (Å²) in [6.45, 7) is 9.99. The van der Waals surface area contributed by atoms with E-state index < -0.39 is 86.0 Å². The van der Waals surface area contributed by atoms with Crippen LogP contribution in [0.15, 0.2) is 11.6 Å². The summed E-state index contributed by atoms with van der Waals surface area (Å²) in [6, 6.07) is 0. The molecule has 13 heteroatoms. The van der Waals surface area contributed by atoms with Crippen LogP contribution in [0.2, 0.25) is 0 Å². The minimum absolute atomic E-state index is 0.0121. The van der Waals surface area contributed by atoms with Crippen molar-refractivity contribution in [2.24, 2.45) is 52.3 Å². The van der Waals surface area contributed by atoms with Crippen molar-refractivity contribution in [2.45, 2.75) is 173 Å². The number of aliphatic hydroxyl groups is 7. The summed E-state index contributed by atoms with van der Waals surface area (Å²) in [5.74, 6) is 1.72. The topological polar surface area (TPSA) is 216 Å². The van der Waals surface area contributed by atoms with Gasteiger partial charge in [0.05, 0.1) is 24.7 Å². The van der Waals surface area contributed by atoms with Crippen LogP contribution in [-0.4, -0.2) is 128 Å². The number of carboxylic acid groups (broad SMARTS) is 1. The number of carbonyl (C=O) groups is 1. The Bertz CT molecular complexity index is 1310. The lowest BCUT2D eigenvalue weighted by Gasteiger charge is -2.61. The van der Waals surface area contributed by atoms with Crippen LogP contribution in [0, 0.1) is 52.3 Å². The second-order valence-electron chi connectivity index (χ2n) is 18.3. The minimum Gasteiger partial charge on any atom is -0.481 e. The molecule has 0 aromatic rings. The van der Waals surface area contributed by atoms with Crippen molar-refractivity contribution in [3.8, 4) is 0 Å². The van der Waals surface area contributed by atoms with Gasteiger partial charge in [-0.3, -0.25) is 4.79 Å². The van der Waals surface area contributed by atoms with E-state index in [1.54, 1.807) is 0 Å². The Labute approximate surface area is 320 Å². The van der Waals surface area contributed by atoms with Crippen molar-refractivity contribution < 1.29 is 64.6 Å². The van der Waals surface area contributed by atoms with Crippen LogP contribution in [0.4, 0.5) is 0 Å². The molecule has 2 heterocycles. The van der Waals surface area contributed by atoms with E-state index in [2.05, 4.69) is 40.7 Å². The lowest BCUT2D eigenvalue weighted by molar-refractivity contribution is -0.373. The third-order valence-corrected chi connectivity index (χ3v) is 15.6. The summed E-state index contributed by atoms with van der Waals surface area (Å²) in [7, 11) is 0. The standard InChI is InChI=1S/C41H68O13/c1-6-22(20(2)3)8-7-21(4)26-11-12-28-25-10-9-23-17-24(13-15-40(23,5)27(25)14-16-41(26,28)39(49)50)51-38-36(34(47)32(45)30(19-43)53-38)54-37-35(48)33(46)31(44)29(18-42)52-37/h6,20-21,23-38,42-48H,7-19H2,1-5H3,(H,49,50). The number of allylic oxidation sites excluding steroid dienone is 2. The Morgan fingerprint density at radius 1 is 0.796 bits per heavy atom. The smallest absolute Gasteiger partial charge is 0.310 e. The second-order valence-corrected chi connectivity index (χ2v) is 18.3. The van der Waals surface area contributed by atoms with Crippen LogP contribution in [-0.2, 0) is 23.7 Å². The highest BCUT2D eigenvalue weighted by atomic mass is 16.8. The first-order valence-electron chi connectivity index (χ1n) is 20.7. The predicted molar refractivity (Wildman–Crippen MR) is 195 cm³/mol. The summed E-state index contributed by atoms with van der Waals surface area (Å²) in [6.07, 6.45) is -3.13. The highest BCUT2D eigenvalue weighted by Crippen LogP contribution is 2.69. The zero-order valence-corrected chi connectivity index (χ0v) is 32.8. The average molecular weight is 769 g/mol. The van der Waals surface area contributed by atoms with Gasteiger partial charge in [-0.05, 0) is 124 Å². The molecule has 8 N–H and O–H groups in total. The first-order valence-corrected chi connectivity index (χ1v) is 20.7. The molecule has 0 spiro atoms. The van der Waals surface area contributed by atoms with Gasteiger partial charge in [-0.1, -0.05) is 39.3 Å². The van der Waals surface area contributed by atoms with E-state index in [-0.39, 0.29) is 23.4 Å². The van der Waals surface area contributed by atoms with Gasteiger partial charge in [0.2, 0.25) is 0 Å². The molecule has 2 aliphatic heterocycles. The summed E-state index contributed by atoms with van der Waals surface area (Å²) in [5, 5.41) is 83.7. The number of aliphatic hydroxyl groups excluding tert-OH is 7. The molecule has 0 aromatic heterocycles. The maximum absolute atomic E-state index is 13.4. The molecule has 6 fully saturated rings. The van der Waals surface area contributed by atoms with Crippen molar-refractivity contribution in [2.75, 3.05) is 13.2 Å². The number of aliphatic carboxylic acids is 1. The molecule has 4 aliphatic carbocycles. The fraction of sp³-hybridized carbons (Fsp3) is 0.927. The minimum atomic E-state index is -1.74. The van der Waals surface area contributed by atoms with Gasteiger partial charge in [0, 0.05) is 0 Å². The van der Waals surface area contributed by atoms with Crippen molar-refractivity contribution in [1.82, 2.24) is 0 Å². The van der Waals surface area contributed by atoms with Crippen molar-refractivity contribution in [3.05, 3.63) is 11.6 Å². The Balaban J connectivity index is 1.14. The lowest BCUT2D eigenvalue weighted by atomic mass is 9.44. The molecule has 2 saturated heterocycles. The number of fused-ring (bicyclic) bond motifs is 5. The Kier molecular flexibility index (Phi) is 13.3. The summed E-state index contributed by atoms with van der Waals surface area (Å²) in [5.41, 5.74) is 0.795. The molecule has 0 aromatic carbocycles. The number of hydrogen-bond acceptors (Lipinski definition) is 12. The molecule has 4 saturated carbocycles. The summed E-state index contributed by atoms with van der Waals surface area (Å²) in [4.78, 5) is 13.4. The van der Waals surface area contributed by atoms with E-state index in [0.29, 0.717) is 42.4 Å². The van der Waals surface area contributed by atoms with Gasteiger partial charge in [0.1, 0.15) is 48.8 Å². The zero-order valence-electron chi connectivity index (χ0n) is 32.8. The monoisotopic (exact) mass is 768 g/mol. The van der Waals surface area contributed by atoms with Gasteiger partial charge in [0.15, 0.2) is 12.6 Å². The summed E-state index contributed by atoms with van der Waals surface area (Å²) >= 11 is 0. The van der Waals surface area contributed by atoms with Gasteiger partial charge in [-0.25, -0.2) is 0 Å². The van der Waals surface area contributed by atoms with E-state index in [4.69, 9.17) is 18.9 Å². The Morgan fingerprint density at radius 2 is 1.46 bits per heavy atom. The highest BCUT2D eigenvalue weighted by molar-refractivity contribution is 5.76. The van der Waals surface area contributed by atoms with Crippen LogP contribution in [0.1, 0.15) is 105 Å². The van der Waals surface area contributed by atoms with Gasteiger partial charge < -0.3 is 59.8 Å². The van der Waals surface area contributed by atoms with Crippen molar-refractivity contribution in [1.29, 1.82) is 0 Å². The third kappa shape index (κ3) is 7.47. The maximum Gasteiger partial charge on any atom is 0.310 e. The van der Waals surface area contributed by atoms with Crippen LogP contribution >= 0.6 is 0 Å². The fourth-order valence-electron chi connectivity index (χ4n) is 12.5. The van der Waals surface area contributed by atoms with E-state index in [9.17, 15) is 45.6 Å². The molecule has 0 amide bonds. The van der Waals surface area contributed by atoms with Crippen molar-refractivity contribution >= 4 is 5.97 Å². The number of carboxylic acids is 1. The van der Waals surface area contributed by atoms with Gasteiger partial charge in [-0.2, -0.15) is 0 Å². The normalized spacial score (nSPS) is 48.9. The van der Waals surface area contributed by atoms with Crippen LogP contribution in [0.3, 0.4) is 0 Å². The Morgan fingerprint density at radius 3 is 2.09 bits per heavy atom. The van der Waals surface area contributed by atoms with E-state index in [0.717, 1.165) is 57.8 Å².